The van der Waals surface area contributed by atoms with Gasteiger partial charge in [0, 0.05) is 35.9 Å². The Hall–Kier alpha value is -1.92. The van der Waals surface area contributed by atoms with Crippen LogP contribution in [0.15, 0.2) is 64.8 Å². The van der Waals surface area contributed by atoms with Crippen LogP contribution in [0.3, 0.4) is 0 Å². The van der Waals surface area contributed by atoms with Crippen LogP contribution in [-0.4, -0.2) is 49.8 Å². The number of H-pyrrole nitrogens is 1. The van der Waals surface area contributed by atoms with Gasteiger partial charge in [-0.1, -0.05) is 53.7 Å². The zero-order valence-electron chi connectivity index (χ0n) is 19.5. The van der Waals surface area contributed by atoms with Crippen LogP contribution in [0, 0.1) is 5.41 Å². The molecule has 3 N–H and O–H groups in total. The molecule has 36 heavy (non-hydrogen) atoms. The molecule has 0 bridgehead atoms. The van der Waals surface area contributed by atoms with Crippen molar-refractivity contribution in [3.8, 4) is 0 Å². The second kappa shape index (κ2) is 10.1. The van der Waals surface area contributed by atoms with Crippen LogP contribution in [0.2, 0.25) is 5.02 Å². The fraction of sp³-hybridized carbons (Fsp3) is 0.346. The first kappa shape index (κ1) is 24.4. The highest BCUT2D eigenvalue weighted by Gasteiger charge is 2.48. The largest absolute Gasteiger partial charge is 0.366 e. The fourth-order valence-electron chi connectivity index (χ4n) is 5.05. The lowest BCUT2D eigenvalue weighted by Crippen LogP contribution is -2.50. The molecular formula is C26H26ClIN6OS. The van der Waals surface area contributed by atoms with Gasteiger partial charge in [0.25, 0.3) is 0 Å². The highest BCUT2D eigenvalue weighted by molar-refractivity contribution is 14.1. The van der Waals surface area contributed by atoms with Gasteiger partial charge in [-0.2, -0.15) is 0 Å². The van der Waals surface area contributed by atoms with Gasteiger partial charge in [0.1, 0.15) is 26.3 Å². The number of nitrogens with two attached hydrogens (primary N) is 1. The van der Waals surface area contributed by atoms with Gasteiger partial charge in [0.2, 0.25) is 0 Å². The van der Waals surface area contributed by atoms with Crippen LogP contribution < -0.4 is 10.6 Å². The van der Waals surface area contributed by atoms with Gasteiger partial charge in [0.05, 0.1) is 29.5 Å². The van der Waals surface area contributed by atoms with Crippen molar-refractivity contribution in [2.45, 2.75) is 39.3 Å². The fourth-order valence-corrected chi connectivity index (χ4v) is 7.07. The first-order chi connectivity index (χ1) is 17.5. The third kappa shape index (κ3) is 4.71. The molecule has 186 valence electrons. The lowest BCUT2D eigenvalue weighted by molar-refractivity contribution is 0.127. The number of halogens is 2. The lowest BCUT2D eigenvalue weighted by Gasteiger charge is -2.41. The van der Waals surface area contributed by atoms with Gasteiger partial charge in [-0.15, -0.1) is 0 Å². The first-order valence-electron chi connectivity index (χ1n) is 12.0. The van der Waals surface area contributed by atoms with Gasteiger partial charge >= 0.3 is 0 Å². The average Bonchev–Trinajstić information content (AvgIpc) is 3.44. The summed E-state index contributed by atoms with van der Waals surface area (Å²) in [6, 6.07) is 14.4. The van der Waals surface area contributed by atoms with Gasteiger partial charge in [-0.25, -0.2) is 15.0 Å². The minimum absolute atomic E-state index is 0.0915. The topological polar surface area (TPSA) is 93.0 Å². The normalized spacial score (nSPS) is 21.5. The van der Waals surface area contributed by atoms with E-state index in [1.54, 1.807) is 0 Å². The van der Waals surface area contributed by atoms with Gasteiger partial charge in [-0.05, 0) is 53.1 Å². The maximum atomic E-state index is 6.76. The second-order valence-electron chi connectivity index (χ2n) is 9.47. The van der Waals surface area contributed by atoms with Crippen molar-refractivity contribution in [3.05, 3.63) is 71.3 Å². The van der Waals surface area contributed by atoms with E-state index in [2.05, 4.69) is 49.6 Å². The van der Waals surface area contributed by atoms with Crippen molar-refractivity contribution in [1.29, 1.82) is 0 Å². The summed E-state index contributed by atoms with van der Waals surface area (Å²) in [5.74, 6) is 1.79. The molecule has 0 saturated carbocycles. The number of anilines is 1. The number of ether oxygens (including phenoxy) is 1. The minimum Gasteiger partial charge on any atom is -0.366 e. The third-order valence-electron chi connectivity index (χ3n) is 7.25. The molecule has 0 unspecified atom stereocenters. The third-order valence-corrected chi connectivity index (χ3v) is 9.86. The molecule has 2 saturated heterocycles. The summed E-state index contributed by atoms with van der Waals surface area (Å²) in [7, 11) is 0. The molecule has 2 aliphatic rings. The number of nitrogens with one attached hydrogen (secondary N) is 1. The number of rotatable bonds is 5. The van der Waals surface area contributed by atoms with Crippen molar-refractivity contribution in [2.24, 2.45) is 11.1 Å². The van der Waals surface area contributed by atoms with Crippen LogP contribution in [-0.2, 0) is 11.2 Å². The number of piperidine rings is 1. The van der Waals surface area contributed by atoms with Gasteiger partial charge in [0.15, 0.2) is 0 Å². The number of imidazole rings is 1. The number of alkyl halides is 1. The molecule has 2 atom stereocenters. The molecule has 10 heteroatoms. The van der Waals surface area contributed by atoms with E-state index in [-0.39, 0.29) is 15.6 Å². The maximum absolute atomic E-state index is 6.76. The summed E-state index contributed by atoms with van der Waals surface area (Å²) >= 11 is 10.6. The SMILES string of the molecule is N[C@@H]1[C@H](I)OCC12CCN(c1cnc(Sc3ccc4[nH]c(Cc5ccccc5)nc4c3Cl)cn1)CC2. The van der Waals surface area contributed by atoms with Crippen molar-refractivity contribution >= 4 is 62.8 Å². The first-order valence-corrected chi connectivity index (χ1v) is 14.4. The highest BCUT2D eigenvalue weighted by Crippen LogP contribution is 2.43. The number of fused-ring (bicyclic) bond motifs is 1. The predicted octanol–water partition coefficient (Wildman–Crippen LogP) is 5.45. The number of aromatic amines is 1. The van der Waals surface area contributed by atoms with Crippen LogP contribution in [0.25, 0.3) is 11.0 Å². The molecule has 0 aliphatic carbocycles. The van der Waals surface area contributed by atoms with Crippen molar-refractivity contribution in [1.82, 2.24) is 19.9 Å². The lowest BCUT2D eigenvalue weighted by atomic mass is 9.75. The van der Waals surface area contributed by atoms with E-state index >= 15 is 0 Å². The molecule has 2 aromatic carbocycles. The average molecular weight is 633 g/mol. The molecule has 2 aliphatic heterocycles. The molecule has 0 amide bonds. The summed E-state index contributed by atoms with van der Waals surface area (Å²) in [6.45, 7) is 2.58. The Morgan fingerprint density at radius 1 is 1.14 bits per heavy atom. The number of hydrogen-bond donors (Lipinski definition) is 2. The van der Waals surface area contributed by atoms with Crippen molar-refractivity contribution in [3.63, 3.8) is 0 Å². The van der Waals surface area contributed by atoms with Crippen LogP contribution in [0.5, 0.6) is 0 Å². The van der Waals surface area contributed by atoms with E-state index in [0.717, 1.165) is 71.6 Å². The molecule has 4 heterocycles. The van der Waals surface area contributed by atoms with Crippen LogP contribution >= 0.6 is 46.0 Å². The van der Waals surface area contributed by atoms with E-state index in [1.807, 2.05) is 42.7 Å². The van der Waals surface area contributed by atoms with Crippen molar-refractivity contribution in [2.75, 3.05) is 24.6 Å². The Labute approximate surface area is 232 Å². The molecule has 1 spiro atoms. The number of benzene rings is 2. The summed E-state index contributed by atoms with van der Waals surface area (Å²) in [4.78, 5) is 20.7. The smallest absolute Gasteiger partial charge is 0.147 e. The maximum Gasteiger partial charge on any atom is 0.147 e. The number of aromatic nitrogens is 4. The quantitative estimate of drug-likeness (QED) is 0.223. The predicted molar refractivity (Wildman–Crippen MR) is 152 cm³/mol. The van der Waals surface area contributed by atoms with Crippen LogP contribution in [0.4, 0.5) is 5.82 Å². The Balaban J connectivity index is 1.13. The molecule has 2 aromatic heterocycles. The summed E-state index contributed by atoms with van der Waals surface area (Å²) < 4.78 is 5.94. The van der Waals surface area contributed by atoms with E-state index in [1.165, 1.54) is 17.3 Å². The molecule has 6 rings (SSSR count). The number of nitrogens with zero attached hydrogens (tertiary/aromatic N) is 4. The Morgan fingerprint density at radius 3 is 2.64 bits per heavy atom. The minimum atomic E-state index is 0.0915. The van der Waals surface area contributed by atoms with E-state index in [4.69, 9.17) is 32.0 Å². The standard InChI is InChI=1S/C26H26ClIN6OS/c27-22-18(7-6-17-23(22)33-19(32-17)12-16-4-2-1-3-5-16)36-21-14-30-20(13-31-21)34-10-8-26(9-11-34)15-35-25(28)24(26)29/h1-7,13-14,24-25H,8-12,15,29H2,(H,32,33)/t24-,25-/m1/s1. The summed E-state index contributed by atoms with van der Waals surface area (Å²) in [5, 5.41) is 1.43. The Morgan fingerprint density at radius 2 is 1.94 bits per heavy atom. The van der Waals surface area contributed by atoms with Gasteiger partial charge in [-0.3, -0.25) is 0 Å². The van der Waals surface area contributed by atoms with Crippen molar-refractivity contribution < 1.29 is 4.74 Å². The number of hydrogen-bond acceptors (Lipinski definition) is 7. The molecule has 4 aromatic rings. The van der Waals surface area contributed by atoms with Gasteiger partial charge < -0.3 is 20.4 Å². The monoisotopic (exact) mass is 632 g/mol. The van der Waals surface area contributed by atoms with Crippen LogP contribution in [0.1, 0.15) is 24.2 Å². The van der Waals surface area contributed by atoms with E-state index in [9.17, 15) is 0 Å². The molecule has 0 radical (unpaired) electrons. The Bertz CT molecular complexity index is 1360. The summed E-state index contributed by atoms with van der Waals surface area (Å²) in [6.07, 6.45) is 6.43. The molecule has 7 nitrogen and oxygen atoms in total. The second-order valence-corrected chi connectivity index (χ2v) is 12.1. The van der Waals surface area contributed by atoms with E-state index < -0.39 is 0 Å². The zero-order chi connectivity index (χ0) is 24.7. The van der Waals surface area contributed by atoms with E-state index in [0.29, 0.717) is 5.02 Å². The summed E-state index contributed by atoms with van der Waals surface area (Å²) in [5.41, 5.74) is 9.46. The zero-order valence-corrected chi connectivity index (χ0v) is 23.3. The Kier molecular flexibility index (Phi) is 6.85. The molecular weight excluding hydrogens is 607 g/mol. The highest BCUT2D eigenvalue weighted by atomic mass is 127. The molecule has 2 fully saturated rings.